The van der Waals surface area contributed by atoms with Gasteiger partial charge in [0.2, 0.25) is 5.91 Å². The Bertz CT molecular complexity index is 571. The maximum atomic E-state index is 11.8. The highest BCUT2D eigenvalue weighted by atomic mass is 35.5. The number of likely N-dealkylation sites (N-methyl/N-ethyl adjacent to an activating group) is 1. The van der Waals surface area contributed by atoms with Crippen molar-refractivity contribution in [1.29, 1.82) is 0 Å². The molecule has 2 rings (SSSR count). The van der Waals surface area contributed by atoms with Crippen LogP contribution in [0.3, 0.4) is 0 Å². The molecule has 1 amide bonds. The van der Waals surface area contributed by atoms with Gasteiger partial charge in [-0.2, -0.15) is 0 Å². The third-order valence-electron chi connectivity index (χ3n) is 2.33. The highest BCUT2D eigenvalue weighted by Crippen LogP contribution is 2.23. The van der Waals surface area contributed by atoms with E-state index in [0.29, 0.717) is 20.9 Å². The van der Waals surface area contributed by atoms with Crippen LogP contribution in [0.5, 0.6) is 0 Å². The third kappa shape index (κ3) is 4.09. The Morgan fingerprint density at radius 3 is 2.84 bits per heavy atom. The normalized spacial score (nSPS) is 10.3. The van der Waals surface area contributed by atoms with Crippen molar-refractivity contribution in [3.05, 3.63) is 39.1 Å². The molecule has 0 spiro atoms. The van der Waals surface area contributed by atoms with E-state index in [0.717, 1.165) is 0 Å². The SMILES string of the molecule is CN(CC(=O)Nc1csc(Cl)c1)c1ccc(Cl)cn1. The Morgan fingerprint density at radius 1 is 1.47 bits per heavy atom. The number of anilines is 2. The zero-order chi connectivity index (χ0) is 13.8. The second-order valence-electron chi connectivity index (χ2n) is 3.88. The lowest BCUT2D eigenvalue weighted by atomic mass is 10.4. The van der Waals surface area contributed by atoms with Crippen molar-refractivity contribution < 1.29 is 4.79 Å². The minimum atomic E-state index is -0.131. The number of pyridine rings is 1. The standard InChI is InChI=1S/C12H11Cl2N3OS/c1-17(11-3-2-8(13)5-15-11)6-12(18)16-9-4-10(14)19-7-9/h2-5,7H,6H2,1H3,(H,16,18). The van der Waals surface area contributed by atoms with Crippen LogP contribution >= 0.6 is 34.5 Å². The van der Waals surface area contributed by atoms with E-state index in [1.54, 1.807) is 41.7 Å². The number of hydrogen-bond donors (Lipinski definition) is 1. The zero-order valence-corrected chi connectivity index (χ0v) is 12.4. The molecule has 0 fully saturated rings. The first-order valence-corrected chi connectivity index (χ1v) is 7.05. The van der Waals surface area contributed by atoms with Crippen LogP contribution < -0.4 is 10.2 Å². The van der Waals surface area contributed by atoms with Gasteiger partial charge in [-0.15, -0.1) is 11.3 Å². The highest BCUT2D eigenvalue weighted by Gasteiger charge is 2.09. The maximum Gasteiger partial charge on any atom is 0.243 e. The number of hydrogen-bond acceptors (Lipinski definition) is 4. The fourth-order valence-electron chi connectivity index (χ4n) is 1.47. The number of carbonyl (C=O) groups is 1. The monoisotopic (exact) mass is 315 g/mol. The molecule has 2 aromatic rings. The summed E-state index contributed by atoms with van der Waals surface area (Å²) in [6.45, 7) is 0.197. The van der Waals surface area contributed by atoms with Crippen molar-refractivity contribution >= 4 is 52.0 Å². The molecule has 2 aromatic heterocycles. The summed E-state index contributed by atoms with van der Waals surface area (Å²) in [7, 11) is 1.79. The van der Waals surface area contributed by atoms with Crippen LogP contribution in [0.1, 0.15) is 0 Å². The molecule has 0 aliphatic heterocycles. The van der Waals surface area contributed by atoms with Crippen molar-refractivity contribution in [3.8, 4) is 0 Å². The topological polar surface area (TPSA) is 45.2 Å². The maximum absolute atomic E-state index is 11.8. The molecule has 0 aliphatic carbocycles. The van der Waals surface area contributed by atoms with E-state index >= 15 is 0 Å². The molecule has 0 aliphatic rings. The van der Waals surface area contributed by atoms with Gasteiger partial charge in [-0.1, -0.05) is 23.2 Å². The summed E-state index contributed by atoms with van der Waals surface area (Å²) in [5.41, 5.74) is 0.706. The van der Waals surface area contributed by atoms with Gasteiger partial charge in [-0.05, 0) is 18.2 Å². The molecule has 0 saturated heterocycles. The predicted molar refractivity (Wildman–Crippen MR) is 80.5 cm³/mol. The number of amides is 1. The molecule has 4 nitrogen and oxygen atoms in total. The Balaban J connectivity index is 1.93. The van der Waals surface area contributed by atoms with Gasteiger partial charge < -0.3 is 10.2 Å². The first kappa shape index (κ1) is 14.1. The Hall–Kier alpha value is -1.30. The number of halogens is 2. The number of thiophene rings is 1. The van der Waals surface area contributed by atoms with Crippen LogP contribution in [0.15, 0.2) is 29.8 Å². The largest absolute Gasteiger partial charge is 0.350 e. The quantitative estimate of drug-likeness (QED) is 0.938. The minimum Gasteiger partial charge on any atom is -0.350 e. The second-order valence-corrected chi connectivity index (χ2v) is 5.86. The molecular weight excluding hydrogens is 305 g/mol. The molecule has 0 aromatic carbocycles. The van der Waals surface area contributed by atoms with Gasteiger partial charge in [0.05, 0.1) is 21.6 Å². The van der Waals surface area contributed by atoms with Crippen LogP contribution in [0, 0.1) is 0 Å². The van der Waals surface area contributed by atoms with Crippen molar-refractivity contribution in [2.24, 2.45) is 0 Å². The number of nitrogens with one attached hydrogen (secondary N) is 1. The number of aromatic nitrogens is 1. The number of rotatable bonds is 4. The van der Waals surface area contributed by atoms with E-state index < -0.39 is 0 Å². The van der Waals surface area contributed by atoms with Crippen molar-refractivity contribution in [2.45, 2.75) is 0 Å². The molecular formula is C12H11Cl2N3OS. The Morgan fingerprint density at radius 2 is 2.26 bits per heavy atom. The third-order valence-corrected chi connectivity index (χ3v) is 3.65. The molecule has 100 valence electrons. The minimum absolute atomic E-state index is 0.131. The molecule has 0 radical (unpaired) electrons. The van der Waals surface area contributed by atoms with Crippen molar-refractivity contribution in [1.82, 2.24) is 4.98 Å². The van der Waals surface area contributed by atoms with Crippen molar-refractivity contribution in [3.63, 3.8) is 0 Å². The molecule has 7 heteroatoms. The second kappa shape index (κ2) is 6.23. The first-order valence-electron chi connectivity index (χ1n) is 5.41. The van der Waals surface area contributed by atoms with Gasteiger partial charge in [-0.25, -0.2) is 4.98 Å². The van der Waals surface area contributed by atoms with Crippen LogP contribution in [-0.2, 0) is 4.79 Å². The van der Waals surface area contributed by atoms with E-state index in [1.807, 2.05) is 0 Å². The lowest BCUT2D eigenvalue weighted by molar-refractivity contribution is -0.114. The summed E-state index contributed by atoms with van der Waals surface area (Å²) < 4.78 is 0.642. The van der Waals surface area contributed by atoms with E-state index in [2.05, 4.69) is 10.3 Å². The molecule has 0 unspecified atom stereocenters. The Labute approximate surface area is 125 Å². The van der Waals surface area contributed by atoms with E-state index in [-0.39, 0.29) is 12.5 Å². The number of carbonyl (C=O) groups excluding carboxylic acids is 1. The van der Waals surface area contributed by atoms with Gasteiger partial charge in [0.15, 0.2) is 0 Å². The summed E-state index contributed by atoms with van der Waals surface area (Å²) in [6, 6.07) is 5.21. The lowest BCUT2D eigenvalue weighted by Crippen LogP contribution is -2.30. The van der Waals surface area contributed by atoms with Gasteiger partial charge in [0, 0.05) is 18.6 Å². The zero-order valence-electron chi connectivity index (χ0n) is 10.1. The van der Waals surface area contributed by atoms with Gasteiger partial charge in [0.1, 0.15) is 5.82 Å². The summed E-state index contributed by atoms with van der Waals surface area (Å²) in [6.07, 6.45) is 1.55. The van der Waals surface area contributed by atoms with E-state index in [1.165, 1.54) is 11.3 Å². The molecule has 19 heavy (non-hydrogen) atoms. The highest BCUT2D eigenvalue weighted by molar-refractivity contribution is 7.14. The van der Waals surface area contributed by atoms with E-state index in [9.17, 15) is 4.79 Å². The summed E-state index contributed by atoms with van der Waals surface area (Å²) in [5.74, 6) is 0.552. The van der Waals surface area contributed by atoms with Crippen LogP contribution in [-0.4, -0.2) is 24.5 Å². The van der Waals surface area contributed by atoms with Crippen LogP contribution in [0.4, 0.5) is 11.5 Å². The van der Waals surface area contributed by atoms with Gasteiger partial charge >= 0.3 is 0 Å². The summed E-state index contributed by atoms with van der Waals surface area (Å²) >= 11 is 12.9. The summed E-state index contributed by atoms with van der Waals surface area (Å²) in [5, 5.41) is 5.12. The lowest BCUT2D eigenvalue weighted by Gasteiger charge is -2.17. The first-order chi connectivity index (χ1) is 9.04. The fourth-order valence-corrected chi connectivity index (χ4v) is 2.39. The average Bonchev–Trinajstić information content (AvgIpc) is 2.75. The van der Waals surface area contributed by atoms with E-state index in [4.69, 9.17) is 23.2 Å². The molecule has 2 heterocycles. The van der Waals surface area contributed by atoms with Gasteiger partial charge in [0.25, 0.3) is 0 Å². The molecule has 0 atom stereocenters. The van der Waals surface area contributed by atoms with Crippen molar-refractivity contribution in [2.75, 3.05) is 23.8 Å². The molecule has 1 N–H and O–H groups in total. The average molecular weight is 316 g/mol. The Kier molecular flexibility index (Phi) is 4.63. The smallest absolute Gasteiger partial charge is 0.243 e. The molecule has 0 saturated carbocycles. The van der Waals surface area contributed by atoms with Gasteiger partial charge in [-0.3, -0.25) is 4.79 Å². The fraction of sp³-hybridized carbons (Fsp3) is 0.167. The number of nitrogens with zero attached hydrogens (tertiary/aromatic N) is 2. The summed E-state index contributed by atoms with van der Waals surface area (Å²) in [4.78, 5) is 17.7. The van der Waals surface area contributed by atoms with Crippen LogP contribution in [0.2, 0.25) is 9.36 Å². The van der Waals surface area contributed by atoms with Crippen LogP contribution in [0.25, 0.3) is 0 Å². The molecule has 0 bridgehead atoms. The predicted octanol–water partition coefficient (Wildman–Crippen LogP) is 3.52.